The van der Waals surface area contributed by atoms with Crippen LogP contribution in [-0.2, 0) is 11.3 Å². The molecule has 4 nitrogen and oxygen atoms in total. The van der Waals surface area contributed by atoms with Crippen LogP contribution in [0.1, 0.15) is 31.7 Å². The molecule has 1 aliphatic heterocycles. The van der Waals surface area contributed by atoms with Crippen LogP contribution in [0.3, 0.4) is 0 Å². The molecule has 1 aliphatic carbocycles. The lowest BCUT2D eigenvalue weighted by molar-refractivity contribution is -0.123. The quantitative estimate of drug-likeness (QED) is 0.856. The molecular formula is C16H22BrN3O. The van der Waals surface area contributed by atoms with Gasteiger partial charge in [-0.15, -0.1) is 0 Å². The summed E-state index contributed by atoms with van der Waals surface area (Å²) in [6.07, 6.45) is 3.43. The number of piperazine rings is 1. The van der Waals surface area contributed by atoms with Gasteiger partial charge in [-0.1, -0.05) is 13.0 Å². The number of anilines is 1. The Morgan fingerprint density at radius 2 is 2.24 bits per heavy atom. The number of benzene rings is 1. The molecule has 1 aromatic carbocycles. The first kappa shape index (κ1) is 14.9. The van der Waals surface area contributed by atoms with Crippen LogP contribution in [0.25, 0.3) is 0 Å². The van der Waals surface area contributed by atoms with Crippen LogP contribution in [0.5, 0.6) is 0 Å². The van der Waals surface area contributed by atoms with Crippen LogP contribution in [0, 0.1) is 0 Å². The van der Waals surface area contributed by atoms with E-state index in [4.69, 9.17) is 0 Å². The van der Waals surface area contributed by atoms with Crippen molar-refractivity contribution in [2.75, 3.05) is 18.0 Å². The number of hydrogen-bond donors (Lipinski definition) is 2. The van der Waals surface area contributed by atoms with Gasteiger partial charge in [-0.2, -0.15) is 0 Å². The van der Waals surface area contributed by atoms with Crippen LogP contribution in [0.4, 0.5) is 5.69 Å². The summed E-state index contributed by atoms with van der Waals surface area (Å²) in [6.45, 7) is 4.56. The van der Waals surface area contributed by atoms with Crippen LogP contribution >= 0.6 is 15.9 Å². The SMILES string of the molecule is CCC1C(=O)NCCN1c1ccc(CNC2CC2)cc1Br. The van der Waals surface area contributed by atoms with Crippen molar-refractivity contribution >= 4 is 27.5 Å². The molecule has 114 valence electrons. The standard InChI is InChI=1S/C16H22BrN3O/c1-2-14-16(21)18-7-8-20(14)15-6-3-11(9-13(15)17)10-19-12-4-5-12/h3,6,9,12,14,19H,2,4-5,7-8,10H2,1H3,(H,18,21). The number of carbonyl (C=O) groups excluding carboxylic acids is 1. The Labute approximate surface area is 134 Å². The molecule has 0 radical (unpaired) electrons. The van der Waals surface area contributed by atoms with Crippen molar-refractivity contribution in [2.24, 2.45) is 0 Å². The van der Waals surface area contributed by atoms with E-state index in [2.05, 4.69) is 56.6 Å². The van der Waals surface area contributed by atoms with E-state index in [9.17, 15) is 4.79 Å². The molecule has 1 saturated heterocycles. The van der Waals surface area contributed by atoms with Gasteiger partial charge in [-0.05, 0) is 52.9 Å². The lowest BCUT2D eigenvalue weighted by Gasteiger charge is -2.37. The zero-order valence-electron chi connectivity index (χ0n) is 12.4. The molecule has 2 N–H and O–H groups in total. The highest BCUT2D eigenvalue weighted by molar-refractivity contribution is 9.10. The van der Waals surface area contributed by atoms with E-state index < -0.39 is 0 Å². The summed E-state index contributed by atoms with van der Waals surface area (Å²) in [5.74, 6) is 0.134. The summed E-state index contributed by atoms with van der Waals surface area (Å²) in [5.41, 5.74) is 2.40. The van der Waals surface area contributed by atoms with Gasteiger partial charge in [-0.25, -0.2) is 0 Å². The first-order valence-corrected chi connectivity index (χ1v) is 8.54. The van der Waals surface area contributed by atoms with Gasteiger partial charge in [0.15, 0.2) is 0 Å². The zero-order chi connectivity index (χ0) is 14.8. The summed E-state index contributed by atoms with van der Waals surface area (Å²) < 4.78 is 1.07. The van der Waals surface area contributed by atoms with E-state index in [-0.39, 0.29) is 11.9 Å². The summed E-state index contributed by atoms with van der Waals surface area (Å²) in [4.78, 5) is 14.2. The maximum absolute atomic E-state index is 12.0. The van der Waals surface area contributed by atoms with Gasteiger partial charge >= 0.3 is 0 Å². The molecule has 0 bridgehead atoms. The second-order valence-corrected chi connectivity index (χ2v) is 6.70. The molecule has 0 aromatic heterocycles. The Morgan fingerprint density at radius 3 is 2.90 bits per heavy atom. The van der Waals surface area contributed by atoms with E-state index in [1.807, 2.05) is 0 Å². The molecule has 2 aliphatic rings. The van der Waals surface area contributed by atoms with Crippen molar-refractivity contribution < 1.29 is 4.79 Å². The monoisotopic (exact) mass is 351 g/mol. The van der Waals surface area contributed by atoms with Crippen LogP contribution in [-0.4, -0.2) is 31.1 Å². The summed E-state index contributed by atoms with van der Waals surface area (Å²) in [7, 11) is 0. The zero-order valence-corrected chi connectivity index (χ0v) is 13.9. The fourth-order valence-corrected chi connectivity index (χ4v) is 3.51. The molecule has 2 fully saturated rings. The molecule has 1 unspecified atom stereocenters. The second kappa shape index (κ2) is 6.36. The van der Waals surface area contributed by atoms with Gasteiger partial charge in [0.2, 0.25) is 5.91 Å². The number of halogens is 1. The van der Waals surface area contributed by atoms with E-state index >= 15 is 0 Å². The van der Waals surface area contributed by atoms with Gasteiger partial charge in [0, 0.05) is 30.1 Å². The van der Waals surface area contributed by atoms with Gasteiger partial charge < -0.3 is 15.5 Å². The highest BCUT2D eigenvalue weighted by Gasteiger charge is 2.29. The number of nitrogens with zero attached hydrogens (tertiary/aromatic N) is 1. The molecule has 1 atom stereocenters. The molecule has 1 saturated carbocycles. The lowest BCUT2D eigenvalue weighted by atomic mass is 10.1. The molecule has 21 heavy (non-hydrogen) atoms. The van der Waals surface area contributed by atoms with Gasteiger partial charge in [0.25, 0.3) is 0 Å². The highest BCUT2D eigenvalue weighted by atomic mass is 79.9. The molecule has 1 amide bonds. The first-order chi connectivity index (χ1) is 10.2. The lowest BCUT2D eigenvalue weighted by Crippen LogP contribution is -2.55. The molecule has 1 heterocycles. The number of hydrogen-bond acceptors (Lipinski definition) is 3. The normalized spacial score (nSPS) is 22.3. The summed E-state index contributed by atoms with van der Waals surface area (Å²) >= 11 is 3.68. The molecular weight excluding hydrogens is 330 g/mol. The Balaban J connectivity index is 1.75. The van der Waals surface area contributed by atoms with Gasteiger partial charge in [0.1, 0.15) is 6.04 Å². The fraction of sp³-hybridized carbons (Fsp3) is 0.562. The van der Waals surface area contributed by atoms with Crippen LogP contribution in [0.15, 0.2) is 22.7 Å². The number of rotatable bonds is 5. The minimum atomic E-state index is -0.0644. The average Bonchev–Trinajstić information content (AvgIpc) is 3.29. The number of amides is 1. The third-order valence-corrected chi connectivity index (χ3v) is 4.85. The number of nitrogens with one attached hydrogen (secondary N) is 2. The second-order valence-electron chi connectivity index (χ2n) is 5.85. The Bertz CT molecular complexity index is 530. The number of carbonyl (C=O) groups is 1. The topological polar surface area (TPSA) is 44.4 Å². The fourth-order valence-electron chi connectivity index (χ4n) is 2.85. The van der Waals surface area contributed by atoms with E-state index in [1.54, 1.807) is 0 Å². The molecule has 3 rings (SSSR count). The Hall–Kier alpha value is -1.07. The predicted molar refractivity (Wildman–Crippen MR) is 88.4 cm³/mol. The minimum absolute atomic E-state index is 0.0644. The van der Waals surface area contributed by atoms with Crippen molar-refractivity contribution in [3.8, 4) is 0 Å². The highest BCUT2D eigenvalue weighted by Crippen LogP contribution is 2.30. The smallest absolute Gasteiger partial charge is 0.242 e. The van der Waals surface area contributed by atoms with E-state index in [0.717, 1.165) is 35.7 Å². The van der Waals surface area contributed by atoms with E-state index in [1.165, 1.54) is 18.4 Å². The van der Waals surface area contributed by atoms with Crippen molar-refractivity contribution in [2.45, 2.75) is 44.8 Å². The third kappa shape index (κ3) is 3.40. The van der Waals surface area contributed by atoms with E-state index in [0.29, 0.717) is 6.54 Å². The minimum Gasteiger partial charge on any atom is -0.357 e. The first-order valence-electron chi connectivity index (χ1n) is 7.75. The van der Waals surface area contributed by atoms with Crippen molar-refractivity contribution in [1.29, 1.82) is 0 Å². The third-order valence-electron chi connectivity index (χ3n) is 4.21. The van der Waals surface area contributed by atoms with Gasteiger partial charge in [0.05, 0.1) is 5.69 Å². The predicted octanol–water partition coefficient (Wildman–Crippen LogP) is 2.42. The Morgan fingerprint density at radius 1 is 1.43 bits per heavy atom. The van der Waals surface area contributed by atoms with Gasteiger partial charge in [-0.3, -0.25) is 4.79 Å². The van der Waals surface area contributed by atoms with Crippen LogP contribution < -0.4 is 15.5 Å². The molecule has 1 aromatic rings. The molecule has 5 heteroatoms. The average molecular weight is 352 g/mol. The summed E-state index contributed by atoms with van der Waals surface area (Å²) in [6, 6.07) is 7.12. The molecule has 0 spiro atoms. The van der Waals surface area contributed by atoms with Crippen molar-refractivity contribution in [3.63, 3.8) is 0 Å². The summed E-state index contributed by atoms with van der Waals surface area (Å²) in [5, 5.41) is 6.47. The largest absolute Gasteiger partial charge is 0.357 e. The maximum atomic E-state index is 12.0. The van der Waals surface area contributed by atoms with Crippen molar-refractivity contribution in [3.05, 3.63) is 28.2 Å². The van der Waals surface area contributed by atoms with Crippen LogP contribution in [0.2, 0.25) is 0 Å². The Kier molecular flexibility index (Phi) is 4.50. The van der Waals surface area contributed by atoms with Crippen molar-refractivity contribution in [1.82, 2.24) is 10.6 Å². The maximum Gasteiger partial charge on any atom is 0.242 e.